The van der Waals surface area contributed by atoms with E-state index in [-0.39, 0.29) is 6.54 Å². The molecule has 0 aromatic rings. The van der Waals surface area contributed by atoms with E-state index in [9.17, 15) is 20.1 Å². The van der Waals surface area contributed by atoms with Crippen LogP contribution in [0.4, 0.5) is 0 Å². The van der Waals surface area contributed by atoms with Crippen LogP contribution in [0.2, 0.25) is 0 Å². The largest absolute Gasteiger partial charge is 0.464 e. The van der Waals surface area contributed by atoms with E-state index in [0.29, 0.717) is 6.61 Å². The Balaban J connectivity index is 2.43. The summed E-state index contributed by atoms with van der Waals surface area (Å²) in [5.74, 6) is -0.591. The molecule has 1 aliphatic rings. The van der Waals surface area contributed by atoms with E-state index in [2.05, 4.69) is 5.32 Å². The number of aliphatic hydroxyl groups is 3. The molecule has 1 fully saturated rings. The van der Waals surface area contributed by atoms with E-state index < -0.39 is 30.3 Å². The van der Waals surface area contributed by atoms with Gasteiger partial charge in [0.2, 0.25) is 0 Å². The molecule has 6 heteroatoms. The number of rotatable bonds is 4. The number of hydrogen-bond acceptors (Lipinski definition) is 6. The van der Waals surface area contributed by atoms with Gasteiger partial charge in [0.15, 0.2) is 0 Å². The zero-order chi connectivity index (χ0) is 12.1. The zero-order valence-electron chi connectivity index (χ0n) is 9.30. The molecule has 0 aromatic heterocycles. The summed E-state index contributed by atoms with van der Waals surface area (Å²) < 4.78 is 4.92. The van der Waals surface area contributed by atoms with Gasteiger partial charge in [-0.1, -0.05) is 13.3 Å². The SMILES string of the molecule is CCCCOC(=O)C1NCC(O)C(O)C1O. The van der Waals surface area contributed by atoms with E-state index in [4.69, 9.17) is 4.74 Å². The average Bonchev–Trinajstić information content (AvgIpc) is 2.26. The maximum absolute atomic E-state index is 11.5. The predicted octanol–water partition coefficient (Wildman–Crippen LogP) is -1.62. The first-order valence-electron chi connectivity index (χ1n) is 5.52. The van der Waals surface area contributed by atoms with Crippen LogP contribution in [0.3, 0.4) is 0 Å². The van der Waals surface area contributed by atoms with Crippen molar-refractivity contribution in [2.45, 2.75) is 44.1 Å². The standard InChI is InChI=1S/C10H19NO5/c1-2-3-4-16-10(15)7-9(14)8(13)6(12)5-11-7/h6-9,11-14H,2-5H2,1H3. The van der Waals surface area contributed by atoms with Gasteiger partial charge in [0, 0.05) is 6.54 Å². The van der Waals surface area contributed by atoms with E-state index in [1.165, 1.54) is 0 Å². The van der Waals surface area contributed by atoms with Gasteiger partial charge in [-0.25, -0.2) is 0 Å². The van der Waals surface area contributed by atoms with Gasteiger partial charge in [-0.15, -0.1) is 0 Å². The number of hydrogen-bond donors (Lipinski definition) is 4. The van der Waals surface area contributed by atoms with Crippen LogP contribution in [0.1, 0.15) is 19.8 Å². The molecule has 0 aromatic carbocycles. The number of nitrogens with one attached hydrogen (secondary N) is 1. The minimum Gasteiger partial charge on any atom is -0.464 e. The van der Waals surface area contributed by atoms with Crippen molar-refractivity contribution >= 4 is 5.97 Å². The fourth-order valence-corrected chi connectivity index (χ4v) is 1.54. The van der Waals surface area contributed by atoms with Crippen LogP contribution in [0.15, 0.2) is 0 Å². The Bertz CT molecular complexity index is 235. The minimum absolute atomic E-state index is 0.0613. The highest BCUT2D eigenvalue weighted by Gasteiger charge is 2.40. The molecule has 4 atom stereocenters. The molecule has 4 unspecified atom stereocenters. The maximum Gasteiger partial charge on any atom is 0.325 e. The number of unbranched alkanes of at least 4 members (excludes halogenated alkanes) is 1. The molecule has 4 N–H and O–H groups in total. The zero-order valence-corrected chi connectivity index (χ0v) is 9.30. The van der Waals surface area contributed by atoms with Crippen molar-refractivity contribution in [1.82, 2.24) is 5.32 Å². The molecule has 0 spiro atoms. The summed E-state index contributed by atoms with van der Waals surface area (Å²) in [6.45, 7) is 2.34. The molecule has 6 nitrogen and oxygen atoms in total. The molecule has 0 aliphatic carbocycles. The van der Waals surface area contributed by atoms with Crippen molar-refractivity contribution in [1.29, 1.82) is 0 Å². The Morgan fingerprint density at radius 3 is 2.69 bits per heavy atom. The topological polar surface area (TPSA) is 99.0 Å². The van der Waals surface area contributed by atoms with Gasteiger partial charge in [-0.2, -0.15) is 0 Å². The number of ether oxygens (including phenoxy) is 1. The van der Waals surface area contributed by atoms with E-state index in [0.717, 1.165) is 12.8 Å². The van der Waals surface area contributed by atoms with Crippen molar-refractivity contribution in [2.75, 3.05) is 13.2 Å². The number of piperidine rings is 1. The van der Waals surface area contributed by atoms with Crippen molar-refractivity contribution in [3.05, 3.63) is 0 Å². The second-order valence-corrected chi connectivity index (χ2v) is 3.96. The number of esters is 1. The average molecular weight is 233 g/mol. The summed E-state index contributed by atoms with van der Waals surface area (Å²) in [4.78, 5) is 11.5. The fraction of sp³-hybridized carbons (Fsp3) is 0.900. The Kier molecular flexibility index (Phi) is 5.14. The summed E-state index contributed by atoms with van der Waals surface area (Å²) >= 11 is 0. The lowest BCUT2D eigenvalue weighted by molar-refractivity contribution is -0.159. The highest BCUT2D eigenvalue weighted by Crippen LogP contribution is 2.12. The van der Waals surface area contributed by atoms with Crippen molar-refractivity contribution in [3.63, 3.8) is 0 Å². The summed E-state index contributed by atoms with van der Waals surface area (Å²) in [5, 5.41) is 30.8. The molecule has 0 radical (unpaired) electrons. The molecular formula is C10H19NO5. The molecular weight excluding hydrogens is 214 g/mol. The summed E-state index contributed by atoms with van der Waals surface area (Å²) in [7, 11) is 0. The van der Waals surface area contributed by atoms with E-state index >= 15 is 0 Å². The van der Waals surface area contributed by atoms with Crippen LogP contribution < -0.4 is 5.32 Å². The van der Waals surface area contributed by atoms with E-state index in [1.54, 1.807) is 0 Å². The minimum atomic E-state index is -1.34. The normalized spacial score (nSPS) is 34.8. The first-order valence-corrected chi connectivity index (χ1v) is 5.52. The number of carbonyl (C=O) groups is 1. The molecule has 0 saturated carbocycles. The summed E-state index contributed by atoms with van der Waals surface area (Å²) in [6, 6.07) is -0.963. The van der Waals surface area contributed by atoms with Crippen LogP contribution >= 0.6 is 0 Å². The molecule has 0 bridgehead atoms. The maximum atomic E-state index is 11.5. The Morgan fingerprint density at radius 1 is 1.38 bits per heavy atom. The molecule has 16 heavy (non-hydrogen) atoms. The lowest BCUT2D eigenvalue weighted by Crippen LogP contribution is -2.62. The van der Waals surface area contributed by atoms with Crippen LogP contribution in [-0.4, -0.2) is 58.8 Å². The van der Waals surface area contributed by atoms with Gasteiger partial charge in [0.25, 0.3) is 0 Å². The second-order valence-electron chi connectivity index (χ2n) is 3.96. The van der Waals surface area contributed by atoms with E-state index in [1.807, 2.05) is 6.92 Å². The second kappa shape index (κ2) is 6.15. The van der Waals surface area contributed by atoms with Crippen LogP contribution in [0.25, 0.3) is 0 Å². The molecule has 1 saturated heterocycles. The summed E-state index contributed by atoms with van der Waals surface area (Å²) in [6.07, 6.45) is -2.04. The van der Waals surface area contributed by atoms with Crippen molar-refractivity contribution in [2.24, 2.45) is 0 Å². The molecule has 1 heterocycles. The highest BCUT2D eigenvalue weighted by molar-refractivity contribution is 5.76. The highest BCUT2D eigenvalue weighted by atomic mass is 16.5. The monoisotopic (exact) mass is 233 g/mol. The van der Waals surface area contributed by atoms with Gasteiger partial charge < -0.3 is 20.1 Å². The molecule has 0 amide bonds. The Hall–Kier alpha value is -0.690. The summed E-state index contributed by atoms with van der Waals surface area (Å²) in [5.41, 5.74) is 0. The quantitative estimate of drug-likeness (QED) is 0.344. The Morgan fingerprint density at radius 2 is 2.06 bits per heavy atom. The van der Waals surface area contributed by atoms with Crippen LogP contribution in [0.5, 0.6) is 0 Å². The van der Waals surface area contributed by atoms with Crippen LogP contribution in [0, 0.1) is 0 Å². The molecule has 1 aliphatic heterocycles. The number of β-amino-alcohol motifs (C(OH)–C–C–N with tert-alkyl or cyclic N) is 1. The van der Waals surface area contributed by atoms with Crippen molar-refractivity contribution < 1.29 is 24.9 Å². The van der Waals surface area contributed by atoms with Crippen LogP contribution in [-0.2, 0) is 9.53 Å². The molecule has 1 rings (SSSR count). The van der Waals surface area contributed by atoms with Gasteiger partial charge in [0.1, 0.15) is 18.2 Å². The van der Waals surface area contributed by atoms with Crippen molar-refractivity contribution in [3.8, 4) is 0 Å². The third-order valence-corrected chi connectivity index (χ3v) is 2.63. The third-order valence-electron chi connectivity index (χ3n) is 2.63. The third kappa shape index (κ3) is 3.15. The lowest BCUT2D eigenvalue weighted by atomic mass is 9.96. The smallest absolute Gasteiger partial charge is 0.325 e. The number of carbonyl (C=O) groups excluding carboxylic acids is 1. The molecule has 94 valence electrons. The van der Waals surface area contributed by atoms with Gasteiger partial charge in [-0.3, -0.25) is 10.1 Å². The Labute approximate surface area is 94.2 Å². The first kappa shape index (κ1) is 13.4. The van der Waals surface area contributed by atoms with Gasteiger partial charge >= 0.3 is 5.97 Å². The fourth-order valence-electron chi connectivity index (χ4n) is 1.54. The van der Waals surface area contributed by atoms with Gasteiger partial charge in [-0.05, 0) is 6.42 Å². The number of aliphatic hydroxyl groups excluding tert-OH is 3. The lowest BCUT2D eigenvalue weighted by Gasteiger charge is -2.34. The van der Waals surface area contributed by atoms with Gasteiger partial charge in [0.05, 0.1) is 12.7 Å². The predicted molar refractivity (Wildman–Crippen MR) is 55.7 cm³/mol. The first-order chi connectivity index (χ1) is 7.57.